The van der Waals surface area contributed by atoms with E-state index in [0.717, 1.165) is 17.7 Å². The van der Waals surface area contributed by atoms with Crippen LogP contribution >= 0.6 is 0 Å². The molecule has 0 saturated carbocycles. The minimum Gasteiger partial charge on any atom is -0.484 e. The zero-order chi connectivity index (χ0) is 15.1. The van der Waals surface area contributed by atoms with Crippen LogP contribution in [-0.2, 0) is 6.42 Å². The first kappa shape index (κ1) is 15.6. The fourth-order valence-corrected chi connectivity index (χ4v) is 2.38. The van der Waals surface area contributed by atoms with Gasteiger partial charge in [-0.05, 0) is 43.0 Å². The Morgan fingerprint density at radius 3 is 2.24 bits per heavy atom. The first-order valence-corrected chi connectivity index (χ1v) is 7.77. The molecule has 2 heteroatoms. The highest BCUT2D eigenvalue weighted by molar-refractivity contribution is 5.29. The summed E-state index contributed by atoms with van der Waals surface area (Å²) in [6, 6.07) is 18.5. The highest BCUT2D eigenvalue weighted by Crippen LogP contribution is 2.24. The van der Waals surface area contributed by atoms with Gasteiger partial charge in [-0.3, -0.25) is 0 Å². The van der Waals surface area contributed by atoms with Crippen molar-refractivity contribution >= 4 is 0 Å². The van der Waals surface area contributed by atoms with Crippen molar-refractivity contribution in [3.8, 4) is 5.75 Å². The summed E-state index contributed by atoms with van der Waals surface area (Å²) in [5, 5.41) is 0. The summed E-state index contributed by atoms with van der Waals surface area (Å²) in [5.41, 5.74) is 8.56. The Kier molecular flexibility index (Phi) is 5.82. The van der Waals surface area contributed by atoms with Gasteiger partial charge in [-0.25, -0.2) is 0 Å². The fourth-order valence-electron chi connectivity index (χ4n) is 2.38. The van der Waals surface area contributed by atoms with Gasteiger partial charge in [0.25, 0.3) is 0 Å². The van der Waals surface area contributed by atoms with E-state index < -0.39 is 0 Å². The molecule has 0 aliphatic heterocycles. The lowest BCUT2D eigenvalue weighted by Gasteiger charge is -2.23. The molecular weight excluding hydrogens is 258 g/mol. The standard InChI is InChI=1S/C19H25NO/c1-3-4-8-16-11-13-18(14-12-16)21-19(15(2)20)17-9-6-5-7-10-17/h5-7,9-15,19H,3-4,8,20H2,1-2H3. The maximum absolute atomic E-state index is 6.10. The van der Waals surface area contributed by atoms with Crippen LogP contribution in [0.25, 0.3) is 0 Å². The van der Waals surface area contributed by atoms with Crippen molar-refractivity contribution in [2.24, 2.45) is 5.73 Å². The minimum absolute atomic E-state index is 0.0628. The van der Waals surface area contributed by atoms with Gasteiger partial charge < -0.3 is 10.5 Å². The molecule has 2 N–H and O–H groups in total. The van der Waals surface area contributed by atoms with Gasteiger partial charge in [-0.2, -0.15) is 0 Å². The third-order valence-electron chi connectivity index (χ3n) is 3.61. The lowest BCUT2D eigenvalue weighted by Crippen LogP contribution is -2.29. The molecule has 0 bridgehead atoms. The van der Waals surface area contributed by atoms with Crippen molar-refractivity contribution in [3.05, 3.63) is 65.7 Å². The minimum atomic E-state index is -0.118. The molecule has 2 nitrogen and oxygen atoms in total. The summed E-state index contributed by atoms with van der Waals surface area (Å²) in [4.78, 5) is 0. The van der Waals surface area contributed by atoms with E-state index in [-0.39, 0.29) is 12.1 Å². The number of rotatable bonds is 7. The second-order valence-corrected chi connectivity index (χ2v) is 5.56. The largest absolute Gasteiger partial charge is 0.484 e. The molecule has 0 fully saturated rings. The molecule has 2 unspecified atom stereocenters. The topological polar surface area (TPSA) is 35.2 Å². The smallest absolute Gasteiger partial charge is 0.138 e. The Morgan fingerprint density at radius 2 is 1.67 bits per heavy atom. The first-order chi connectivity index (χ1) is 10.2. The van der Waals surface area contributed by atoms with Gasteiger partial charge in [-0.15, -0.1) is 0 Å². The summed E-state index contributed by atoms with van der Waals surface area (Å²) in [6.07, 6.45) is 3.46. The maximum Gasteiger partial charge on any atom is 0.138 e. The molecule has 0 aromatic heterocycles. The van der Waals surface area contributed by atoms with E-state index in [2.05, 4.69) is 31.2 Å². The summed E-state index contributed by atoms with van der Waals surface area (Å²) < 4.78 is 6.10. The quantitative estimate of drug-likeness (QED) is 0.812. The van der Waals surface area contributed by atoms with Crippen LogP contribution in [0.1, 0.15) is 43.9 Å². The van der Waals surface area contributed by atoms with E-state index >= 15 is 0 Å². The zero-order valence-electron chi connectivity index (χ0n) is 13.0. The monoisotopic (exact) mass is 283 g/mol. The van der Waals surface area contributed by atoms with Crippen molar-refractivity contribution in [1.82, 2.24) is 0 Å². The third-order valence-corrected chi connectivity index (χ3v) is 3.61. The molecule has 0 saturated heterocycles. The lowest BCUT2D eigenvalue weighted by atomic mass is 10.0. The van der Waals surface area contributed by atoms with E-state index in [4.69, 9.17) is 10.5 Å². The number of hydrogen-bond acceptors (Lipinski definition) is 2. The molecule has 0 spiro atoms. The van der Waals surface area contributed by atoms with Crippen LogP contribution in [0.5, 0.6) is 5.75 Å². The van der Waals surface area contributed by atoms with Crippen LogP contribution in [0.2, 0.25) is 0 Å². The van der Waals surface area contributed by atoms with Gasteiger partial charge >= 0.3 is 0 Å². The molecular formula is C19H25NO. The number of ether oxygens (including phenoxy) is 1. The summed E-state index contributed by atoms with van der Waals surface area (Å²) in [7, 11) is 0. The number of nitrogens with two attached hydrogens (primary N) is 1. The Labute approximate surface area is 127 Å². The molecule has 2 atom stereocenters. The Hall–Kier alpha value is -1.80. The van der Waals surface area contributed by atoms with E-state index in [1.165, 1.54) is 18.4 Å². The van der Waals surface area contributed by atoms with E-state index in [9.17, 15) is 0 Å². The molecule has 112 valence electrons. The average Bonchev–Trinajstić information content (AvgIpc) is 2.52. The van der Waals surface area contributed by atoms with Crippen molar-refractivity contribution in [3.63, 3.8) is 0 Å². The predicted octanol–water partition coefficient (Wildman–Crippen LogP) is 4.50. The molecule has 2 aromatic carbocycles. The number of unbranched alkanes of at least 4 members (excludes halogenated alkanes) is 1. The summed E-state index contributed by atoms with van der Waals surface area (Å²) >= 11 is 0. The lowest BCUT2D eigenvalue weighted by molar-refractivity contribution is 0.180. The third kappa shape index (κ3) is 4.61. The highest BCUT2D eigenvalue weighted by Gasteiger charge is 2.17. The Morgan fingerprint density at radius 1 is 1.00 bits per heavy atom. The van der Waals surface area contributed by atoms with Crippen molar-refractivity contribution < 1.29 is 4.74 Å². The zero-order valence-corrected chi connectivity index (χ0v) is 13.0. The molecule has 21 heavy (non-hydrogen) atoms. The summed E-state index contributed by atoms with van der Waals surface area (Å²) in [6.45, 7) is 4.19. The second kappa shape index (κ2) is 7.84. The summed E-state index contributed by atoms with van der Waals surface area (Å²) in [5.74, 6) is 0.876. The molecule has 0 radical (unpaired) electrons. The van der Waals surface area contributed by atoms with Gasteiger partial charge in [0.15, 0.2) is 0 Å². The normalized spacial score (nSPS) is 13.7. The van der Waals surface area contributed by atoms with Gasteiger partial charge in [0, 0.05) is 6.04 Å². The van der Waals surface area contributed by atoms with Crippen molar-refractivity contribution in [1.29, 1.82) is 0 Å². The van der Waals surface area contributed by atoms with Crippen LogP contribution in [0.4, 0.5) is 0 Å². The van der Waals surface area contributed by atoms with Crippen LogP contribution in [0.3, 0.4) is 0 Å². The number of aryl methyl sites for hydroxylation is 1. The van der Waals surface area contributed by atoms with Gasteiger partial charge in [-0.1, -0.05) is 55.8 Å². The molecule has 0 heterocycles. The SMILES string of the molecule is CCCCc1ccc(OC(c2ccccc2)C(C)N)cc1. The molecule has 2 rings (SSSR count). The van der Waals surface area contributed by atoms with E-state index in [1.54, 1.807) is 0 Å². The van der Waals surface area contributed by atoms with Crippen LogP contribution in [0.15, 0.2) is 54.6 Å². The molecule has 0 amide bonds. The van der Waals surface area contributed by atoms with Crippen LogP contribution < -0.4 is 10.5 Å². The second-order valence-electron chi connectivity index (χ2n) is 5.56. The van der Waals surface area contributed by atoms with Crippen molar-refractivity contribution in [2.45, 2.75) is 45.3 Å². The molecule has 0 aliphatic carbocycles. The fraction of sp³-hybridized carbons (Fsp3) is 0.368. The highest BCUT2D eigenvalue weighted by atomic mass is 16.5. The van der Waals surface area contributed by atoms with E-state index in [0.29, 0.717) is 0 Å². The Bertz CT molecular complexity index is 519. The number of benzene rings is 2. The van der Waals surface area contributed by atoms with Crippen LogP contribution in [-0.4, -0.2) is 6.04 Å². The Balaban J connectivity index is 2.07. The number of hydrogen-bond donors (Lipinski definition) is 1. The average molecular weight is 283 g/mol. The molecule has 2 aromatic rings. The predicted molar refractivity (Wildman–Crippen MR) is 88.5 cm³/mol. The van der Waals surface area contributed by atoms with Gasteiger partial charge in [0.2, 0.25) is 0 Å². The molecule has 0 aliphatic rings. The first-order valence-electron chi connectivity index (χ1n) is 7.77. The van der Waals surface area contributed by atoms with Crippen LogP contribution in [0, 0.1) is 0 Å². The van der Waals surface area contributed by atoms with E-state index in [1.807, 2.05) is 37.3 Å². The van der Waals surface area contributed by atoms with Crippen molar-refractivity contribution in [2.75, 3.05) is 0 Å². The maximum atomic E-state index is 6.10. The van der Waals surface area contributed by atoms with Gasteiger partial charge in [0.05, 0.1) is 0 Å². The van der Waals surface area contributed by atoms with Gasteiger partial charge in [0.1, 0.15) is 11.9 Å².